The average molecular weight is 392 g/mol. The molecular weight excluding hydrogens is 377 g/mol. The van der Waals surface area contributed by atoms with Crippen LogP contribution in [0.5, 0.6) is 0 Å². The Balaban J connectivity index is 1.66. The van der Waals surface area contributed by atoms with E-state index < -0.39 is 0 Å². The van der Waals surface area contributed by atoms with E-state index in [0.717, 1.165) is 11.4 Å². The Kier molecular flexibility index (Phi) is 5.68. The molecule has 0 fully saturated rings. The van der Waals surface area contributed by atoms with Gasteiger partial charge >= 0.3 is 0 Å². The lowest BCUT2D eigenvalue weighted by atomic mass is 9.98. The largest absolute Gasteiger partial charge is 0.296 e. The SMILES string of the molecule is CC(Cc1nnc(NC(=O)c2ccc(Cl)cc2Cl)s1)c1ccccc1. The summed E-state index contributed by atoms with van der Waals surface area (Å²) in [6.45, 7) is 2.14. The molecule has 0 spiro atoms. The molecule has 2 aromatic carbocycles. The molecule has 1 heterocycles. The highest BCUT2D eigenvalue weighted by molar-refractivity contribution is 7.15. The zero-order chi connectivity index (χ0) is 17.8. The van der Waals surface area contributed by atoms with Crippen LogP contribution in [0.3, 0.4) is 0 Å². The second kappa shape index (κ2) is 7.95. The van der Waals surface area contributed by atoms with Crippen molar-refractivity contribution < 1.29 is 4.79 Å². The molecular formula is C18H15Cl2N3OS. The molecule has 128 valence electrons. The van der Waals surface area contributed by atoms with E-state index in [1.165, 1.54) is 23.0 Å². The number of aromatic nitrogens is 2. The van der Waals surface area contributed by atoms with E-state index in [0.29, 0.717) is 26.7 Å². The second-order valence-corrected chi connectivity index (χ2v) is 7.50. The minimum Gasteiger partial charge on any atom is -0.296 e. The third-order valence-electron chi connectivity index (χ3n) is 3.71. The minimum atomic E-state index is -0.333. The van der Waals surface area contributed by atoms with Crippen LogP contribution in [0.15, 0.2) is 48.5 Å². The molecule has 3 aromatic rings. The molecule has 0 saturated carbocycles. The van der Waals surface area contributed by atoms with Gasteiger partial charge in [-0.2, -0.15) is 0 Å². The van der Waals surface area contributed by atoms with Crippen LogP contribution in [0.25, 0.3) is 0 Å². The molecule has 1 N–H and O–H groups in total. The predicted molar refractivity (Wildman–Crippen MR) is 103 cm³/mol. The second-order valence-electron chi connectivity index (χ2n) is 5.60. The molecule has 1 aromatic heterocycles. The Morgan fingerprint density at radius 3 is 2.64 bits per heavy atom. The normalized spacial score (nSPS) is 12.0. The van der Waals surface area contributed by atoms with Crippen LogP contribution in [0.2, 0.25) is 10.0 Å². The first kappa shape index (κ1) is 17.9. The molecule has 25 heavy (non-hydrogen) atoms. The van der Waals surface area contributed by atoms with Crippen LogP contribution in [-0.4, -0.2) is 16.1 Å². The quantitative estimate of drug-likeness (QED) is 0.629. The Bertz CT molecular complexity index is 883. The summed E-state index contributed by atoms with van der Waals surface area (Å²) < 4.78 is 0. The summed E-state index contributed by atoms with van der Waals surface area (Å²) in [7, 11) is 0. The first-order valence-corrected chi connectivity index (χ1v) is 9.24. The fourth-order valence-corrected chi connectivity index (χ4v) is 3.74. The maximum absolute atomic E-state index is 12.3. The van der Waals surface area contributed by atoms with Gasteiger partial charge in [0.1, 0.15) is 5.01 Å². The van der Waals surface area contributed by atoms with E-state index >= 15 is 0 Å². The van der Waals surface area contributed by atoms with Crippen molar-refractivity contribution in [2.75, 3.05) is 5.32 Å². The topological polar surface area (TPSA) is 54.9 Å². The zero-order valence-corrected chi connectivity index (χ0v) is 15.7. The van der Waals surface area contributed by atoms with E-state index in [1.54, 1.807) is 12.1 Å². The molecule has 7 heteroatoms. The number of hydrogen-bond acceptors (Lipinski definition) is 4. The van der Waals surface area contributed by atoms with Gasteiger partial charge in [-0.25, -0.2) is 0 Å². The molecule has 0 bridgehead atoms. The van der Waals surface area contributed by atoms with Crippen LogP contribution < -0.4 is 5.32 Å². The molecule has 0 radical (unpaired) electrons. The third kappa shape index (κ3) is 4.57. The van der Waals surface area contributed by atoms with E-state index in [2.05, 4.69) is 34.6 Å². The molecule has 0 aliphatic heterocycles. The zero-order valence-electron chi connectivity index (χ0n) is 13.4. The molecule has 1 atom stereocenters. The van der Waals surface area contributed by atoms with Crippen molar-refractivity contribution in [2.45, 2.75) is 19.3 Å². The standard InChI is InChI=1S/C18H15Cl2N3OS/c1-11(12-5-3-2-4-6-12)9-16-22-23-18(25-16)21-17(24)14-8-7-13(19)10-15(14)20/h2-8,10-11H,9H2,1H3,(H,21,23,24). The van der Waals surface area contributed by atoms with Crippen LogP contribution >= 0.6 is 34.5 Å². The number of hydrogen-bond donors (Lipinski definition) is 1. The van der Waals surface area contributed by atoms with Crippen LogP contribution in [-0.2, 0) is 6.42 Å². The number of halogens is 2. The minimum absolute atomic E-state index is 0.299. The average Bonchev–Trinajstić information content (AvgIpc) is 3.02. The molecule has 3 rings (SSSR count). The Labute approximate surface area is 159 Å². The number of anilines is 1. The van der Waals surface area contributed by atoms with Gasteiger partial charge in [0.2, 0.25) is 5.13 Å². The summed E-state index contributed by atoms with van der Waals surface area (Å²) in [6, 6.07) is 15.0. The van der Waals surface area contributed by atoms with Crippen molar-refractivity contribution in [3.63, 3.8) is 0 Å². The fourth-order valence-electron chi connectivity index (χ4n) is 2.39. The van der Waals surface area contributed by atoms with Crippen LogP contribution in [0, 0.1) is 0 Å². The Morgan fingerprint density at radius 1 is 1.16 bits per heavy atom. The summed E-state index contributed by atoms with van der Waals surface area (Å²) in [5.74, 6) is -0.0103. The van der Waals surface area contributed by atoms with Crippen molar-refractivity contribution in [1.82, 2.24) is 10.2 Å². The summed E-state index contributed by atoms with van der Waals surface area (Å²) in [6.07, 6.45) is 0.763. The fraction of sp³-hybridized carbons (Fsp3) is 0.167. The highest BCUT2D eigenvalue weighted by atomic mass is 35.5. The molecule has 4 nitrogen and oxygen atoms in total. The number of amides is 1. The van der Waals surface area contributed by atoms with Gasteiger partial charge in [0.15, 0.2) is 0 Å². The summed E-state index contributed by atoms with van der Waals surface area (Å²) in [4.78, 5) is 12.3. The number of carbonyl (C=O) groups excluding carboxylic acids is 1. The van der Waals surface area contributed by atoms with Crippen molar-refractivity contribution >= 4 is 45.6 Å². The van der Waals surface area contributed by atoms with E-state index in [9.17, 15) is 4.79 Å². The number of nitrogens with one attached hydrogen (secondary N) is 1. The number of benzene rings is 2. The van der Waals surface area contributed by atoms with Crippen molar-refractivity contribution in [3.8, 4) is 0 Å². The van der Waals surface area contributed by atoms with Crippen molar-refractivity contribution in [2.24, 2.45) is 0 Å². The lowest BCUT2D eigenvalue weighted by molar-refractivity contribution is 0.102. The first-order chi connectivity index (χ1) is 12.0. The number of nitrogens with zero attached hydrogens (tertiary/aromatic N) is 2. The van der Waals surface area contributed by atoms with Gasteiger partial charge in [0, 0.05) is 11.4 Å². The van der Waals surface area contributed by atoms with E-state index in [4.69, 9.17) is 23.2 Å². The van der Waals surface area contributed by atoms with E-state index in [-0.39, 0.29) is 5.91 Å². The summed E-state index contributed by atoms with van der Waals surface area (Å²) in [5, 5.41) is 13.0. The monoisotopic (exact) mass is 391 g/mol. The van der Waals surface area contributed by atoms with Gasteiger partial charge in [-0.1, -0.05) is 71.8 Å². The number of carbonyl (C=O) groups is 1. The molecule has 1 amide bonds. The van der Waals surface area contributed by atoms with E-state index in [1.807, 2.05) is 18.2 Å². The number of rotatable bonds is 5. The molecule has 0 aliphatic carbocycles. The molecule has 0 aliphatic rings. The lowest BCUT2D eigenvalue weighted by Crippen LogP contribution is -2.12. The van der Waals surface area contributed by atoms with Gasteiger partial charge in [0.05, 0.1) is 10.6 Å². The maximum Gasteiger partial charge on any atom is 0.259 e. The van der Waals surface area contributed by atoms with Crippen LogP contribution in [0.4, 0.5) is 5.13 Å². The highest BCUT2D eigenvalue weighted by Crippen LogP contribution is 2.26. The third-order valence-corrected chi connectivity index (χ3v) is 5.12. The Morgan fingerprint density at radius 2 is 1.92 bits per heavy atom. The molecule has 1 unspecified atom stereocenters. The lowest BCUT2D eigenvalue weighted by Gasteiger charge is -2.08. The van der Waals surface area contributed by atoms with Crippen molar-refractivity contribution in [1.29, 1.82) is 0 Å². The van der Waals surface area contributed by atoms with Gasteiger partial charge in [-0.15, -0.1) is 10.2 Å². The Hall–Kier alpha value is -1.95. The van der Waals surface area contributed by atoms with Crippen LogP contribution in [0.1, 0.15) is 33.8 Å². The maximum atomic E-state index is 12.3. The van der Waals surface area contributed by atoms with Gasteiger partial charge < -0.3 is 0 Å². The highest BCUT2D eigenvalue weighted by Gasteiger charge is 2.15. The smallest absolute Gasteiger partial charge is 0.259 e. The van der Waals surface area contributed by atoms with Gasteiger partial charge in [-0.3, -0.25) is 10.1 Å². The van der Waals surface area contributed by atoms with Crippen molar-refractivity contribution in [3.05, 3.63) is 74.7 Å². The predicted octanol–water partition coefficient (Wildman–Crippen LogP) is 5.44. The van der Waals surface area contributed by atoms with Gasteiger partial charge in [-0.05, 0) is 29.7 Å². The first-order valence-electron chi connectivity index (χ1n) is 7.66. The molecule has 0 saturated heterocycles. The van der Waals surface area contributed by atoms with Gasteiger partial charge in [0.25, 0.3) is 5.91 Å². The summed E-state index contributed by atoms with van der Waals surface area (Å²) in [5.41, 5.74) is 1.59. The summed E-state index contributed by atoms with van der Waals surface area (Å²) >= 11 is 13.3.